The van der Waals surface area contributed by atoms with Crippen molar-refractivity contribution in [1.82, 2.24) is 5.32 Å². The Kier molecular flexibility index (Phi) is 5.45. The van der Waals surface area contributed by atoms with Crippen molar-refractivity contribution < 1.29 is 0 Å². The van der Waals surface area contributed by atoms with E-state index in [4.69, 9.17) is 0 Å². The van der Waals surface area contributed by atoms with Gasteiger partial charge in [0.1, 0.15) is 0 Å². The molecule has 1 heterocycles. The molecule has 1 spiro atoms. The van der Waals surface area contributed by atoms with E-state index in [-0.39, 0.29) is 23.4 Å². The summed E-state index contributed by atoms with van der Waals surface area (Å²) >= 11 is 0. The van der Waals surface area contributed by atoms with Gasteiger partial charge in [0.15, 0.2) is 0 Å². The van der Waals surface area contributed by atoms with Crippen LogP contribution in [0.2, 0.25) is 0 Å². The maximum Gasteiger partial charge on any atom is 0.0496 e. The van der Waals surface area contributed by atoms with E-state index in [0.717, 1.165) is 0 Å². The number of nitrogens with one attached hydrogen (secondary N) is 1. The maximum atomic E-state index is 4.21. The van der Waals surface area contributed by atoms with E-state index in [9.17, 15) is 0 Å². The van der Waals surface area contributed by atoms with Gasteiger partial charge in [-0.05, 0) is 51.1 Å². The first-order chi connectivity index (χ1) is 18.7. The number of nitrogens with zero attached hydrogens (tertiary/aromatic N) is 1. The van der Waals surface area contributed by atoms with Gasteiger partial charge >= 0.3 is 0 Å². The zero-order valence-corrected chi connectivity index (χ0v) is 21.9. The van der Waals surface area contributed by atoms with E-state index in [2.05, 4.69) is 158 Å². The minimum Gasteiger partial charge on any atom is -0.378 e. The molecule has 0 amide bonds. The molecule has 0 aromatic heterocycles. The van der Waals surface area contributed by atoms with Crippen LogP contribution >= 0.6 is 0 Å². The molecule has 1 aliphatic heterocycles. The number of fused-ring (bicyclic) bond motifs is 5. The summed E-state index contributed by atoms with van der Waals surface area (Å²) in [5.74, 6) is 0.191. The van der Waals surface area contributed by atoms with Crippen LogP contribution in [0.1, 0.15) is 45.8 Å². The Hall–Kier alpha value is -4.14. The van der Waals surface area contributed by atoms with Crippen molar-refractivity contribution in [2.45, 2.75) is 23.4 Å². The van der Waals surface area contributed by atoms with Gasteiger partial charge < -0.3 is 10.2 Å². The molecule has 3 unspecified atom stereocenters. The molecule has 2 aliphatic rings. The maximum absolute atomic E-state index is 4.21. The van der Waals surface area contributed by atoms with Crippen LogP contribution in [0.15, 0.2) is 133 Å². The normalized spacial score (nSPS) is 20.7. The summed E-state index contributed by atoms with van der Waals surface area (Å²) in [6, 6.07) is 49.8. The zero-order chi connectivity index (χ0) is 25.7. The predicted octanol–water partition coefficient (Wildman–Crippen LogP) is 7.89. The first-order valence-corrected chi connectivity index (χ1v) is 13.5. The monoisotopic (exact) mass is 492 g/mol. The third-order valence-electron chi connectivity index (χ3n) is 8.72. The van der Waals surface area contributed by atoms with Crippen LogP contribution in [0.25, 0.3) is 11.1 Å². The second-order valence-electron chi connectivity index (χ2n) is 10.8. The minimum atomic E-state index is -0.269. The molecule has 1 N–H and O–H groups in total. The summed E-state index contributed by atoms with van der Waals surface area (Å²) in [7, 11) is 4.21. The van der Waals surface area contributed by atoms with E-state index >= 15 is 0 Å². The van der Waals surface area contributed by atoms with Gasteiger partial charge in [0, 0.05) is 43.2 Å². The minimum absolute atomic E-state index is 0.109. The molecule has 2 nitrogen and oxygen atoms in total. The molecule has 0 saturated carbocycles. The molecule has 2 heteroatoms. The largest absolute Gasteiger partial charge is 0.378 e. The van der Waals surface area contributed by atoms with Crippen molar-refractivity contribution in [2.75, 3.05) is 19.0 Å². The average Bonchev–Trinajstić information content (AvgIpc) is 3.49. The van der Waals surface area contributed by atoms with E-state index in [1.807, 2.05) is 0 Å². The molecule has 0 bridgehead atoms. The fourth-order valence-corrected chi connectivity index (χ4v) is 7.19. The molecule has 1 saturated heterocycles. The van der Waals surface area contributed by atoms with Crippen LogP contribution in [-0.2, 0) is 5.41 Å². The molecule has 7 rings (SSSR count). The summed E-state index contributed by atoms with van der Waals surface area (Å²) in [6.07, 6.45) is 0. The molecule has 3 atom stereocenters. The molecule has 1 aliphatic carbocycles. The molecular formula is C36H32N2. The Morgan fingerprint density at radius 1 is 0.526 bits per heavy atom. The van der Waals surface area contributed by atoms with E-state index in [1.54, 1.807) is 0 Å². The Balaban J connectivity index is 1.57. The summed E-state index contributed by atoms with van der Waals surface area (Å²) in [6.45, 7) is 0. The van der Waals surface area contributed by atoms with Crippen molar-refractivity contribution in [3.63, 3.8) is 0 Å². The summed E-state index contributed by atoms with van der Waals surface area (Å²) in [5, 5.41) is 4.21. The summed E-state index contributed by atoms with van der Waals surface area (Å²) in [4.78, 5) is 2.17. The Bertz CT molecular complexity index is 1530. The third kappa shape index (κ3) is 3.30. The summed E-state index contributed by atoms with van der Waals surface area (Å²) < 4.78 is 0. The molecular weight excluding hydrogens is 460 g/mol. The number of hydrogen-bond acceptors (Lipinski definition) is 2. The molecule has 186 valence electrons. The van der Waals surface area contributed by atoms with Crippen LogP contribution in [0.3, 0.4) is 0 Å². The molecule has 5 aromatic carbocycles. The van der Waals surface area contributed by atoms with E-state index < -0.39 is 0 Å². The topological polar surface area (TPSA) is 15.3 Å². The highest BCUT2D eigenvalue weighted by molar-refractivity contribution is 5.83. The van der Waals surface area contributed by atoms with Gasteiger partial charge in [-0.1, -0.05) is 121 Å². The van der Waals surface area contributed by atoms with Gasteiger partial charge in [0.2, 0.25) is 0 Å². The highest BCUT2D eigenvalue weighted by Gasteiger charge is 2.61. The van der Waals surface area contributed by atoms with Crippen LogP contribution in [0.5, 0.6) is 0 Å². The molecule has 38 heavy (non-hydrogen) atoms. The number of benzene rings is 5. The zero-order valence-electron chi connectivity index (χ0n) is 21.9. The van der Waals surface area contributed by atoms with Crippen molar-refractivity contribution in [3.05, 3.63) is 161 Å². The van der Waals surface area contributed by atoms with Gasteiger partial charge in [-0.25, -0.2) is 0 Å². The van der Waals surface area contributed by atoms with Gasteiger partial charge in [-0.15, -0.1) is 0 Å². The predicted molar refractivity (Wildman–Crippen MR) is 158 cm³/mol. The SMILES string of the molecule is CN(C)c1ccc(C2C(c3ccccc3)NC(c3ccccc3)C23c2ccccc2-c2ccccc23)cc1. The Labute approximate surface area is 225 Å². The van der Waals surface area contributed by atoms with E-state index in [0.29, 0.717) is 0 Å². The van der Waals surface area contributed by atoms with Gasteiger partial charge in [0.05, 0.1) is 0 Å². The Morgan fingerprint density at radius 2 is 1.03 bits per heavy atom. The summed E-state index contributed by atoms with van der Waals surface area (Å²) in [5.41, 5.74) is 10.5. The van der Waals surface area contributed by atoms with Crippen molar-refractivity contribution in [3.8, 4) is 11.1 Å². The highest BCUT2D eigenvalue weighted by atomic mass is 15.1. The third-order valence-corrected chi connectivity index (χ3v) is 8.72. The van der Waals surface area contributed by atoms with Crippen LogP contribution in [0.4, 0.5) is 5.69 Å². The first kappa shape index (κ1) is 23.0. The average molecular weight is 493 g/mol. The lowest BCUT2D eigenvalue weighted by atomic mass is 9.61. The fourth-order valence-electron chi connectivity index (χ4n) is 7.19. The fraction of sp³-hybridized carbons (Fsp3) is 0.167. The quantitative estimate of drug-likeness (QED) is 0.274. The van der Waals surface area contributed by atoms with Gasteiger partial charge in [-0.3, -0.25) is 0 Å². The number of hydrogen-bond donors (Lipinski definition) is 1. The smallest absolute Gasteiger partial charge is 0.0496 e. The lowest BCUT2D eigenvalue weighted by Crippen LogP contribution is -2.36. The second-order valence-corrected chi connectivity index (χ2v) is 10.8. The standard InChI is InChI=1S/C36H32N2/c1-38(2)28-23-21-25(22-24-28)33-34(26-13-5-3-6-14-26)37-35(27-15-7-4-8-16-27)36(33)31-19-11-9-17-29(31)30-18-10-12-20-32(30)36/h3-24,33-35,37H,1-2H3. The van der Waals surface area contributed by atoms with Crippen LogP contribution < -0.4 is 10.2 Å². The molecule has 1 fully saturated rings. The Morgan fingerprint density at radius 3 is 1.58 bits per heavy atom. The van der Waals surface area contributed by atoms with Crippen molar-refractivity contribution >= 4 is 5.69 Å². The molecule has 0 radical (unpaired) electrons. The van der Waals surface area contributed by atoms with E-state index in [1.165, 1.54) is 44.6 Å². The van der Waals surface area contributed by atoms with Gasteiger partial charge in [0.25, 0.3) is 0 Å². The second kappa shape index (κ2) is 9.01. The highest BCUT2D eigenvalue weighted by Crippen LogP contribution is 2.67. The number of rotatable bonds is 4. The van der Waals surface area contributed by atoms with Crippen LogP contribution in [0, 0.1) is 0 Å². The van der Waals surface area contributed by atoms with Crippen molar-refractivity contribution in [2.24, 2.45) is 0 Å². The molecule has 5 aromatic rings. The van der Waals surface area contributed by atoms with Crippen LogP contribution in [-0.4, -0.2) is 14.1 Å². The van der Waals surface area contributed by atoms with Gasteiger partial charge in [-0.2, -0.15) is 0 Å². The first-order valence-electron chi connectivity index (χ1n) is 13.5. The lowest BCUT2D eigenvalue weighted by Gasteiger charge is -2.40. The van der Waals surface area contributed by atoms with Crippen molar-refractivity contribution in [1.29, 1.82) is 0 Å². The lowest BCUT2D eigenvalue weighted by molar-refractivity contribution is 0.420. The number of anilines is 1.